The summed E-state index contributed by atoms with van der Waals surface area (Å²) in [6.07, 6.45) is 6.72. The first-order valence-corrected chi connectivity index (χ1v) is 8.14. The molecule has 0 aromatic heterocycles. The van der Waals surface area contributed by atoms with Gasteiger partial charge in [0.25, 0.3) is 6.47 Å². The second-order valence-electron chi connectivity index (χ2n) is 5.91. The average molecular weight is 294 g/mol. The van der Waals surface area contributed by atoms with Crippen LogP contribution < -0.4 is 0 Å². The van der Waals surface area contributed by atoms with Crippen molar-refractivity contribution in [3.63, 3.8) is 0 Å². The molecule has 0 heterocycles. The van der Waals surface area contributed by atoms with Crippen molar-refractivity contribution in [3.8, 4) is 11.1 Å². The summed E-state index contributed by atoms with van der Waals surface area (Å²) in [6.45, 7) is 1.09. The molecule has 0 saturated carbocycles. The predicted molar refractivity (Wildman–Crippen MR) is 88.9 cm³/mol. The van der Waals surface area contributed by atoms with Crippen molar-refractivity contribution < 1.29 is 9.53 Å². The van der Waals surface area contributed by atoms with Crippen LogP contribution in [0.4, 0.5) is 0 Å². The number of ether oxygens (including phenoxy) is 1. The topological polar surface area (TPSA) is 26.3 Å². The number of carbonyl (C=O) groups excluding carboxylic acids is 1. The van der Waals surface area contributed by atoms with Gasteiger partial charge in [-0.25, -0.2) is 0 Å². The number of hydrogen-bond donors (Lipinski definition) is 0. The van der Waals surface area contributed by atoms with Gasteiger partial charge in [0.2, 0.25) is 0 Å². The number of carbonyl (C=O) groups is 1. The molecule has 2 aromatic rings. The van der Waals surface area contributed by atoms with Gasteiger partial charge < -0.3 is 4.74 Å². The van der Waals surface area contributed by atoms with Crippen molar-refractivity contribution >= 4 is 6.47 Å². The number of fused-ring (bicyclic) bond motifs is 3. The van der Waals surface area contributed by atoms with Crippen LogP contribution in [0, 0.1) is 0 Å². The molecule has 0 saturated heterocycles. The van der Waals surface area contributed by atoms with Crippen LogP contribution in [-0.2, 0) is 22.4 Å². The van der Waals surface area contributed by atoms with Crippen molar-refractivity contribution in [2.45, 2.75) is 38.5 Å². The lowest BCUT2D eigenvalue weighted by Gasteiger charge is -2.08. The fourth-order valence-electron chi connectivity index (χ4n) is 3.36. The monoisotopic (exact) mass is 294 g/mol. The molecule has 2 heteroatoms. The van der Waals surface area contributed by atoms with Gasteiger partial charge in [0, 0.05) is 0 Å². The third-order valence-corrected chi connectivity index (χ3v) is 4.47. The SMILES string of the molecule is O=COCCCCCCc1cccc2c1Cc1ccccc1-2. The minimum absolute atomic E-state index is 0.533. The van der Waals surface area contributed by atoms with Crippen LogP contribution in [0.15, 0.2) is 42.5 Å². The normalized spacial score (nSPS) is 11.8. The van der Waals surface area contributed by atoms with Gasteiger partial charge in [-0.3, -0.25) is 4.79 Å². The predicted octanol–water partition coefficient (Wildman–Crippen LogP) is 4.53. The molecular formula is C20H22O2. The third kappa shape index (κ3) is 3.22. The first-order chi connectivity index (χ1) is 10.9. The van der Waals surface area contributed by atoms with Gasteiger partial charge in [0.1, 0.15) is 0 Å². The Balaban J connectivity index is 1.57. The van der Waals surface area contributed by atoms with Gasteiger partial charge in [-0.2, -0.15) is 0 Å². The second kappa shape index (κ2) is 7.26. The maximum Gasteiger partial charge on any atom is 0.293 e. The first-order valence-electron chi connectivity index (χ1n) is 8.14. The van der Waals surface area contributed by atoms with Crippen molar-refractivity contribution in [2.24, 2.45) is 0 Å². The number of unbranched alkanes of at least 4 members (excludes halogenated alkanes) is 3. The molecule has 0 fully saturated rings. The maximum absolute atomic E-state index is 10.1. The van der Waals surface area contributed by atoms with Gasteiger partial charge in [-0.15, -0.1) is 0 Å². The molecule has 2 nitrogen and oxygen atoms in total. The zero-order valence-corrected chi connectivity index (χ0v) is 12.9. The Morgan fingerprint density at radius 1 is 0.909 bits per heavy atom. The summed E-state index contributed by atoms with van der Waals surface area (Å²) in [5.41, 5.74) is 7.31. The molecule has 1 aliphatic rings. The summed E-state index contributed by atoms with van der Waals surface area (Å²) >= 11 is 0. The van der Waals surface area contributed by atoms with Gasteiger partial charge in [0.05, 0.1) is 6.61 Å². The molecule has 3 rings (SSSR count). The maximum atomic E-state index is 10.1. The number of aryl methyl sites for hydroxylation is 1. The highest BCUT2D eigenvalue weighted by molar-refractivity contribution is 5.77. The molecule has 114 valence electrons. The van der Waals surface area contributed by atoms with Crippen LogP contribution in [0.2, 0.25) is 0 Å². The molecule has 2 aromatic carbocycles. The fraction of sp³-hybridized carbons (Fsp3) is 0.350. The van der Waals surface area contributed by atoms with E-state index in [0.717, 1.165) is 25.7 Å². The summed E-state index contributed by atoms with van der Waals surface area (Å²) in [7, 11) is 0. The van der Waals surface area contributed by atoms with Gasteiger partial charge in [0.15, 0.2) is 0 Å². The molecule has 0 amide bonds. The van der Waals surface area contributed by atoms with E-state index in [-0.39, 0.29) is 0 Å². The number of rotatable bonds is 8. The van der Waals surface area contributed by atoms with Gasteiger partial charge in [-0.05, 0) is 53.5 Å². The van der Waals surface area contributed by atoms with Crippen molar-refractivity contribution in [1.82, 2.24) is 0 Å². The standard InChI is InChI=1S/C20H22O2/c21-15-22-13-6-2-1-3-8-16-10-7-12-19-18-11-5-4-9-17(18)14-20(16)19/h4-5,7,9-12,15H,1-3,6,8,13-14H2. The lowest BCUT2D eigenvalue weighted by atomic mass is 9.97. The smallest absolute Gasteiger partial charge is 0.293 e. The van der Waals surface area contributed by atoms with Crippen LogP contribution in [0.3, 0.4) is 0 Å². The largest absolute Gasteiger partial charge is 0.468 e. The summed E-state index contributed by atoms with van der Waals surface area (Å²) < 4.78 is 4.71. The van der Waals surface area contributed by atoms with E-state index >= 15 is 0 Å². The average Bonchev–Trinajstić information content (AvgIpc) is 2.93. The Hall–Kier alpha value is -2.09. The van der Waals surface area contributed by atoms with Gasteiger partial charge in [-0.1, -0.05) is 55.3 Å². The molecule has 22 heavy (non-hydrogen) atoms. The van der Waals surface area contributed by atoms with Crippen LogP contribution in [0.5, 0.6) is 0 Å². The molecule has 1 aliphatic carbocycles. The molecule has 0 aliphatic heterocycles. The molecular weight excluding hydrogens is 272 g/mol. The Morgan fingerprint density at radius 3 is 2.64 bits per heavy atom. The van der Waals surface area contributed by atoms with Crippen molar-refractivity contribution in [1.29, 1.82) is 0 Å². The lowest BCUT2D eigenvalue weighted by molar-refractivity contribution is -0.128. The molecule has 0 N–H and O–H groups in total. The highest BCUT2D eigenvalue weighted by Crippen LogP contribution is 2.38. The zero-order chi connectivity index (χ0) is 15.2. The summed E-state index contributed by atoms with van der Waals surface area (Å²) in [6, 6.07) is 15.5. The Bertz CT molecular complexity index is 646. The highest BCUT2D eigenvalue weighted by Gasteiger charge is 2.19. The van der Waals surface area contributed by atoms with E-state index in [1.807, 2.05) is 0 Å². The minimum Gasteiger partial charge on any atom is -0.468 e. The minimum atomic E-state index is 0.533. The summed E-state index contributed by atoms with van der Waals surface area (Å²) in [5, 5.41) is 0. The first kappa shape index (κ1) is 14.8. The van der Waals surface area contributed by atoms with Crippen LogP contribution in [-0.4, -0.2) is 13.1 Å². The van der Waals surface area contributed by atoms with Crippen LogP contribution in [0.25, 0.3) is 11.1 Å². The Labute approximate surface area is 132 Å². The number of benzene rings is 2. The third-order valence-electron chi connectivity index (χ3n) is 4.47. The fourth-order valence-corrected chi connectivity index (χ4v) is 3.36. The van der Waals surface area contributed by atoms with E-state index in [9.17, 15) is 4.79 Å². The summed E-state index contributed by atoms with van der Waals surface area (Å²) in [5.74, 6) is 0. The molecule has 0 bridgehead atoms. The lowest BCUT2D eigenvalue weighted by Crippen LogP contribution is -1.95. The van der Waals surface area contributed by atoms with E-state index < -0.39 is 0 Å². The van der Waals surface area contributed by atoms with Crippen molar-refractivity contribution in [3.05, 3.63) is 59.2 Å². The molecule has 0 radical (unpaired) electrons. The van der Waals surface area contributed by atoms with Crippen molar-refractivity contribution in [2.75, 3.05) is 6.61 Å². The van der Waals surface area contributed by atoms with Crippen LogP contribution >= 0.6 is 0 Å². The Morgan fingerprint density at radius 2 is 1.73 bits per heavy atom. The molecule has 0 atom stereocenters. The van der Waals surface area contributed by atoms with E-state index in [2.05, 4.69) is 42.5 Å². The summed E-state index contributed by atoms with van der Waals surface area (Å²) in [4.78, 5) is 10.1. The molecule has 0 unspecified atom stereocenters. The highest BCUT2D eigenvalue weighted by atomic mass is 16.5. The quantitative estimate of drug-likeness (QED) is 0.450. The van der Waals surface area contributed by atoms with E-state index in [0.29, 0.717) is 13.1 Å². The number of hydrogen-bond acceptors (Lipinski definition) is 2. The second-order valence-corrected chi connectivity index (χ2v) is 5.91. The van der Waals surface area contributed by atoms with E-state index in [1.165, 1.54) is 40.7 Å². The van der Waals surface area contributed by atoms with Crippen LogP contribution in [0.1, 0.15) is 42.4 Å². The van der Waals surface area contributed by atoms with E-state index in [1.54, 1.807) is 0 Å². The Kier molecular flexibility index (Phi) is 4.89. The zero-order valence-electron chi connectivity index (χ0n) is 12.9. The van der Waals surface area contributed by atoms with Gasteiger partial charge >= 0.3 is 0 Å². The molecule has 0 spiro atoms. The van der Waals surface area contributed by atoms with E-state index in [4.69, 9.17) is 4.74 Å².